The van der Waals surface area contributed by atoms with Gasteiger partial charge in [0.1, 0.15) is 0 Å². The first-order chi connectivity index (χ1) is 12.4. The summed E-state index contributed by atoms with van der Waals surface area (Å²) in [5, 5.41) is 0. The van der Waals surface area contributed by atoms with Gasteiger partial charge in [-0.15, -0.1) is 0 Å². The Morgan fingerprint density at radius 3 is 1.85 bits per heavy atom. The van der Waals surface area contributed by atoms with Crippen LogP contribution in [0.15, 0.2) is 0 Å². The normalized spacial score (nSPS) is 22.7. The SMILES string of the molecule is CCCCCC(C)C(=O)N(C(=O)C(C)CCCCC)C1CCCC(N)C1. The molecule has 1 aliphatic carbocycles. The maximum Gasteiger partial charge on any atom is 0.232 e. The molecule has 2 amide bonds. The number of carbonyl (C=O) groups excluding carboxylic acids is 2. The van der Waals surface area contributed by atoms with Gasteiger partial charge in [0, 0.05) is 23.9 Å². The highest BCUT2D eigenvalue weighted by molar-refractivity contribution is 5.97. The van der Waals surface area contributed by atoms with Gasteiger partial charge in [0.05, 0.1) is 0 Å². The fourth-order valence-corrected chi connectivity index (χ4v) is 4.03. The van der Waals surface area contributed by atoms with E-state index in [0.29, 0.717) is 0 Å². The van der Waals surface area contributed by atoms with Crippen LogP contribution in [0.25, 0.3) is 0 Å². The highest BCUT2D eigenvalue weighted by atomic mass is 16.2. The van der Waals surface area contributed by atoms with Crippen molar-refractivity contribution in [1.29, 1.82) is 0 Å². The van der Waals surface area contributed by atoms with Crippen molar-refractivity contribution >= 4 is 11.8 Å². The smallest absolute Gasteiger partial charge is 0.232 e. The highest BCUT2D eigenvalue weighted by Crippen LogP contribution is 2.27. The van der Waals surface area contributed by atoms with E-state index in [1.54, 1.807) is 4.90 Å². The van der Waals surface area contributed by atoms with Crippen LogP contribution in [0.5, 0.6) is 0 Å². The van der Waals surface area contributed by atoms with Crippen molar-refractivity contribution in [1.82, 2.24) is 4.90 Å². The fourth-order valence-electron chi connectivity index (χ4n) is 4.03. The highest BCUT2D eigenvalue weighted by Gasteiger charge is 2.36. The van der Waals surface area contributed by atoms with Gasteiger partial charge >= 0.3 is 0 Å². The molecule has 1 rings (SSSR count). The van der Waals surface area contributed by atoms with Crippen LogP contribution >= 0.6 is 0 Å². The minimum atomic E-state index is -0.0773. The molecule has 1 aliphatic rings. The summed E-state index contributed by atoms with van der Waals surface area (Å²) in [4.78, 5) is 28.0. The minimum absolute atomic E-state index is 0.000926. The Hall–Kier alpha value is -0.900. The monoisotopic (exact) mass is 366 g/mol. The van der Waals surface area contributed by atoms with Crippen LogP contribution in [-0.2, 0) is 9.59 Å². The molecule has 0 aromatic carbocycles. The zero-order valence-corrected chi connectivity index (χ0v) is 17.6. The van der Waals surface area contributed by atoms with Crippen LogP contribution in [0.3, 0.4) is 0 Å². The lowest BCUT2D eigenvalue weighted by atomic mass is 9.88. The van der Waals surface area contributed by atoms with Gasteiger partial charge in [-0.2, -0.15) is 0 Å². The molecule has 0 aromatic heterocycles. The van der Waals surface area contributed by atoms with Gasteiger partial charge in [0.15, 0.2) is 0 Å². The number of amides is 2. The number of nitrogens with zero attached hydrogens (tertiary/aromatic N) is 1. The molecular weight excluding hydrogens is 324 g/mol. The molecular formula is C22H42N2O2. The van der Waals surface area contributed by atoms with E-state index in [4.69, 9.17) is 5.73 Å². The van der Waals surface area contributed by atoms with Gasteiger partial charge in [-0.3, -0.25) is 14.5 Å². The Balaban J connectivity index is 2.83. The van der Waals surface area contributed by atoms with Crippen molar-refractivity contribution in [2.24, 2.45) is 17.6 Å². The molecule has 0 bridgehead atoms. The average Bonchev–Trinajstić information content (AvgIpc) is 2.62. The van der Waals surface area contributed by atoms with Gasteiger partial charge in [-0.05, 0) is 38.5 Å². The summed E-state index contributed by atoms with van der Waals surface area (Å²) in [7, 11) is 0. The summed E-state index contributed by atoms with van der Waals surface area (Å²) in [6.07, 6.45) is 12.1. The van der Waals surface area contributed by atoms with Crippen LogP contribution < -0.4 is 5.73 Å². The summed E-state index contributed by atoms with van der Waals surface area (Å²) in [5.41, 5.74) is 6.16. The molecule has 4 nitrogen and oxygen atoms in total. The molecule has 152 valence electrons. The molecule has 0 radical (unpaired) electrons. The number of unbranched alkanes of at least 4 members (excludes halogenated alkanes) is 4. The van der Waals surface area contributed by atoms with Gasteiger partial charge < -0.3 is 5.73 Å². The van der Waals surface area contributed by atoms with Crippen LogP contribution in [0.2, 0.25) is 0 Å². The standard InChI is InChI=1S/C22H42N2O2/c1-5-7-9-12-17(3)21(25)24(20-15-11-14-19(23)16-20)22(26)18(4)13-10-8-6-2/h17-20H,5-16,23H2,1-4H3. The second kappa shape index (κ2) is 12.5. The van der Waals surface area contributed by atoms with Crippen molar-refractivity contribution in [3.05, 3.63) is 0 Å². The Morgan fingerprint density at radius 2 is 1.42 bits per heavy atom. The lowest BCUT2D eigenvalue weighted by Crippen LogP contribution is -2.52. The van der Waals surface area contributed by atoms with Crippen LogP contribution in [0.4, 0.5) is 0 Å². The molecule has 0 heterocycles. The topological polar surface area (TPSA) is 63.4 Å². The first kappa shape index (κ1) is 23.1. The third-order valence-corrected chi connectivity index (χ3v) is 5.85. The van der Waals surface area contributed by atoms with E-state index in [0.717, 1.165) is 77.0 Å². The summed E-state index contributed by atoms with van der Waals surface area (Å²) in [5.74, 6) is -0.0851. The van der Waals surface area contributed by atoms with Crippen molar-refractivity contribution in [2.45, 2.75) is 117 Å². The first-order valence-corrected chi connectivity index (χ1v) is 11.0. The van der Waals surface area contributed by atoms with Crippen LogP contribution in [0.1, 0.15) is 105 Å². The van der Waals surface area contributed by atoms with E-state index in [2.05, 4.69) is 13.8 Å². The maximum absolute atomic E-state index is 13.2. The predicted octanol–water partition coefficient (Wildman–Crippen LogP) is 5.04. The Morgan fingerprint density at radius 1 is 0.923 bits per heavy atom. The fraction of sp³-hybridized carbons (Fsp3) is 0.909. The van der Waals surface area contributed by atoms with Gasteiger partial charge in [-0.25, -0.2) is 0 Å². The average molecular weight is 367 g/mol. The van der Waals surface area contributed by atoms with Crippen molar-refractivity contribution < 1.29 is 9.59 Å². The molecule has 0 saturated heterocycles. The molecule has 1 saturated carbocycles. The van der Waals surface area contributed by atoms with E-state index in [1.807, 2.05) is 13.8 Å². The Labute approximate surface area is 161 Å². The molecule has 2 N–H and O–H groups in total. The number of nitrogens with two attached hydrogens (primary N) is 1. The summed E-state index contributed by atoms with van der Waals surface area (Å²) >= 11 is 0. The second-order valence-corrected chi connectivity index (χ2v) is 8.42. The lowest BCUT2D eigenvalue weighted by Gasteiger charge is -2.37. The molecule has 0 aliphatic heterocycles. The summed E-state index contributed by atoms with van der Waals surface area (Å²) in [6.45, 7) is 8.32. The number of rotatable bonds is 11. The summed E-state index contributed by atoms with van der Waals surface area (Å²) < 4.78 is 0. The zero-order valence-electron chi connectivity index (χ0n) is 17.6. The first-order valence-electron chi connectivity index (χ1n) is 11.0. The number of hydrogen-bond donors (Lipinski definition) is 1. The number of hydrogen-bond acceptors (Lipinski definition) is 3. The predicted molar refractivity (Wildman–Crippen MR) is 109 cm³/mol. The van der Waals surface area contributed by atoms with Gasteiger partial charge in [0.2, 0.25) is 11.8 Å². The number of imide groups is 1. The van der Waals surface area contributed by atoms with Crippen LogP contribution in [0, 0.1) is 11.8 Å². The molecule has 4 atom stereocenters. The molecule has 0 aromatic rings. The molecule has 4 heteroatoms. The Kier molecular flexibility index (Phi) is 11.1. The molecule has 0 spiro atoms. The summed E-state index contributed by atoms with van der Waals surface area (Å²) in [6, 6.07) is 0.114. The maximum atomic E-state index is 13.2. The third kappa shape index (κ3) is 7.38. The van der Waals surface area contributed by atoms with Crippen LogP contribution in [-0.4, -0.2) is 28.8 Å². The van der Waals surface area contributed by atoms with E-state index < -0.39 is 0 Å². The van der Waals surface area contributed by atoms with E-state index >= 15 is 0 Å². The van der Waals surface area contributed by atoms with E-state index in [1.165, 1.54) is 0 Å². The lowest BCUT2D eigenvalue weighted by molar-refractivity contribution is -0.153. The third-order valence-electron chi connectivity index (χ3n) is 5.85. The number of carbonyl (C=O) groups is 2. The molecule has 26 heavy (non-hydrogen) atoms. The zero-order chi connectivity index (χ0) is 19.5. The Bertz CT molecular complexity index is 396. The largest absolute Gasteiger partial charge is 0.328 e. The van der Waals surface area contributed by atoms with E-state index in [9.17, 15) is 9.59 Å². The van der Waals surface area contributed by atoms with Crippen molar-refractivity contribution in [3.63, 3.8) is 0 Å². The van der Waals surface area contributed by atoms with Gasteiger partial charge in [-0.1, -0.05) is 66.2 Å². The second-order valence-electron chi connectivity index (χ2n) is 8.42. The molecule has 1 fully saturated rings. The molecule has 4 unspecified atom stereocenters. The van der Waals surface area contributed by atoms with Gasteiger partial charge in [0.25, 0.3) is 0 Å². The minimum Gasteiger partial charge on any atom is -0.328 e. The quantitative estimate of drug-likeness (QED) is 0.521. The van der Waals surface area contributed by atoms with Crippen molar-refractivity contribution in [2.75, 3.05) is 0 Å². The van der Waals surface area contributed by atoms with Crippen molar-refractivity contribution in [3.8, 4) is 0 Å². The van der Waals surface area contributed by atoms with E-state index in [-0.39, 0.29) is 35.7 Å².